The van der Waals surface area contributed by atoms with E-state index in [0.717, 1.165) is 16.5 Å². The lowest BCUT2D eigenvalue weighted by atomic mass is 10.1. The maximum Gasteiger partial charge on any atom is 0.356 e. The molecule has 2 amide bonds. The summed E-state index contributed by atoms with van der Waals surface area (Å²) in [5.74, 6) is -0.618. The van der Waals surface area contributed by atoms with Crippen LogP contribution in [0.1, 0.15) is 33.5 Å². The van der Waals surface area contributed by atoms with Crippen LogP contribution >= 0.6 is 0 Å². The molecule has 1 saturated heterocycles. The van der Waals surface area contributed by atoms with Crippen molar-refractivity contribution >= 4 is 34.4 Å². The lowest BCUT2D eigenvalue weighted by Crippen LogP contribution is -2.54. The zero-order valence-electron chi connectivity index (χ0n) is 18.3. The Hall–Kier alpha value is -3.59. The lowest BCUT2D eigenvalue weighted by Gasteiger charge is -2.37. The van der Waals surface area contributed by atoms with Gasteiger partial charge in [-0.25, -0.2) is 4.79 Å². The first kappa shape index (κ1) is 21.6. The van der Waals surface area contributed by atoms with E-state index in [1.165, 1.54) is 13.4 Å². The van der Waals surface area contributed by atoms with E-state index in [4.69, 9.17) is 9.15 Å². The van der Waals surface area contributed by atoms with Crippen molar-refractivity contribution in [2.45, 2.75) is 19.9 Å². The number of furan rings is 1. The summed E-state index contributed by atoms with van der Waals surface area (Å²) in [5.41, 5.74) is 2.37. The molecule has 0 radical (unpaired) electrons. The van der Waals surface area contributed by atoms with Gasteiger partial charge in [-0.3, -0.25) is 14.5 Å². The van der Waals surface area contributed by atoms with E-state index in [1.807, 2.05) is 36.9 Å². The molecule has 3 aromatic rings. The lowest BCUT2D eigenvalue weighted by molar-refractivity contribution is -0.121. The van der Waals surface area contributed by atoms with Crippen LogP contribution in [0.25, 0.3) is 10.9 Å². The average Bonchev–Trinajstić information content (AvgIpc) is 3.46. The Morgan fingerprint density at radius 2 is 1.91 bits per heavy atom. The molecule has 1 atom stereocenters. The summed E-state index contributed by atoms with van der Waals surface area (Å²) in [4.78, 5) is 44.6. The van der Waals surface area contributed by atoms with Crippen molar-refractivity contribution in [1.29, 1.82) is 0 Å². The number of ether oxygens (including phenoxy) is 1. The Labute approximate surface area is 185 Å². The third kappa shape index (κ3) is 4.11. The van der Waals surface area contributed by atoms with Crippen molar-refractivity contribution < 1.29 is 23.5 Å². The number of hydrogen-bond donors (Lipinski definition) is 2. The van der Waals surface area contributed by atoms with Gasteiger partial charge in [-0.05, 0) is 38.1 Å². The minimum atomic E-state index is -0.549. The second-order valence-corrected chi connectivity index (χ2v) is 7.89. The molecule has 9 nitrogen and oxygen atoms in total. The van der Waals surface area contributed by atoms with Crippen LogP contribution in [0.4, 0.5) is 5.69 Å². The number of methoxy groups -OCH3 is 1. The number of hydrogen-bond acceptors (Lipinski definition) is 6. The van der Waals surface area contributed by atoms with Crippen LogP contribution in [-0.4, -0.2) is 71.9 Å². The van der Waals surface area contributed by atoms with E-state index in [0.29, 0.717) is 37.6 Å². The predicted octanol–water partition coefficient (Wildman–Crippen LogP) is 2.64. The number of amides is 2. The third-order valence-electron chi connectivity index (χ3n) is 5.85. The van der Waals surface area contributed by atoms with E-state index in [2.05, 4.69) is 10.3 Å². The molecule has 2 aromatic heterocycles. The van der Waals surface area contributed by atoms with Gasteiger partial charge < -0.3 is 24.4 Å². The fourth-order valence-electron chi connectivity index (χ4n) is 3.95. The zero-order valence-corrected chi connectivity index (χ0v) is 18.3. The van der Waals surface area contributed by atoms with Gasteiger partial charge in [0.25, 0.3) is 5.91 Å². The van der Waals surface area contributed by atoms with Crippen molar-refractivity contribution in [1.82, 2.24) is 14.8 Å². The van der Waals surface area contributed by atoms with Crippen LogP contribution in [0.2, 0.25) is 0 Å². The van der Waals surface area contributed by atoms with Gasteiger partial charge in [-0.15, -0.1) is 0 Å². The molecule has 0 aliphatic carbocycles. The number of benzene rings is 1. The van der Waals surface area contributed by atoms with Crippen molar-refractivity contribution in [3.63, 3.8) is 0 Å². The molecule has 1 aliphatic heterocycles. The monoisotopic (exact) mass is 438 g/mol. The normalized spacial score (nSPS) is 15.5. The molecule has 2 N–H and O–H groups in total. The minimum Gasteiger partial charge on any atom is -0.464 e. The maximum absolute atomic E-state index is 13.1. The number of aryl methyl sites for hydroxylation is 1. The zero-order chi connectivity index (χ0) is 22.8. The summed E-state index contributed by atoms with van der Waals surface area (Å²) in [6, 6.07) is 8.59. The van der Waals surface area contributed by atoms with Crippen LogP contribution in [-0.2, 0) is 9.53 Å². The number of nitrogens with one attached hydrogen (secondary N) is 2. The van der Waals surface area contributed by atoms with Gasteiger partial charge in [-0.1, -0.05) is 11.6 Å². The molecule has 0 bridgehead atoms. The summed E-state index contributed by atoms with van der Waals surface area (Å²) in [7, 11) is 1.30. The van der Waals surface area contributed by atoms with Gasteiger partial charge in [0.15, 0.2) is 5.76 Å². The number of fused-ring (bicyclic) bond motifs is 1. The molecule has 9 heteroatoms. The minimum absolute atomic E-state index is 0.149. The molecular formula is C23H26N4O5. The van der Waals surface area contributed by atoms with Crippen LogP contribution in [0.3, 0.4) is 0 Å². The third-order valence-corrected chi connectivity index (χ3v) is 5.85. The van der Waals surface area contributed by atoms with Crippen LogP contribution in [0.15, 0.2) is 41.0 Å². The second-order valence-electron chi connectivity index (χ2n) is 7.89. The Kier molecular flexibility index (Phi) is 6.00. The molecule has 168 valence electrons. The number of carbonyl (C=O) groups excluding carboxylic acids is 3. The van der Waals surface area contributed by atoms with Gasteiger partial charge in [0, 0.05) is 37.1 Å². The first-order chi connectivity index (χ1) is 15.4. The first-order valence-corrected chi connectivity index (χ1v) is 10.5. The standard InChI is InChI=1S/C23H26N4O5/c1-14-6-7-17-16(13-14)19(20(24-17)23(30)31-3)25-21(28)15(2)26-8-10-27(11-9-26)22(29)18-5-4-12-32-18/h4-7,12-13,15,24H,8-11H2,1-3H3,(H,25,28)/t15-/m0/s1. The van der Waals surface area contributed by atoms with Crippen molar-refractivity contribution in [2.24, 2.45) is 0 Å². The summed E-state index contributed by atoms with van der Waals surface area (Å²) in [6.07, 6.45) is 1.48. The highest BCUT2D eigenvalue weighted by Gasteiger charge is 2.30. The Morgan fingerprint density at radius 3 is 2.56 bits per heavy atom. The van der Waals surface area contributed by atoms with Crippen molar-refractivity contribution in [3.05, 3.63) is 53.6 Å². The number of esters is 1. The Bertz CT molecular complexity index is 1140. The van der Waals surface area contributed by atoms with Gasteiger partial charge in [0.1, 0.15) is 5.69 Å². The number of nitrogens with zero attached hydrogens (tertiary/aromatic N) is 2. The summed E-state index contributed by atoms with van der Waals surface area (Å²) >= 11 is 0. The highest BCUT2D eigenvalue weighted by molar-refractivity contribution is 6.11. The van der Waals surface area contributed by atoms with Gasteiger partial charge in [-0.2, -0.15) is 0 Å². The topological polar surface area (TPSA) is 108 Å². The number of rotatable bonds is 5. The fourth-order valence-corrected chi connectivity index (χ4v) is 3.95. The van der Waals surface area contributed by atoms with E-state index < -0.39 is 12.0 Å². The number of anilines is 1. The number of H-pyrrole nitrogens is 1. The average molecular weight is 438 g/mol. The first-order valence-electron chi connectivity index (χ1n) is 10.5. The number of aromatic nitrogens is 1. The molecule has 1 fully saturated rings. The molecule has 1 aliphatic rings. The Morgan fingerprint density at radius 1 is 1.16 bits per heavy atom. The molecule has 0 saturated carbocycles. The van der Waals surface area contributed by atoms with E-state index >= 15 is 0 Å². The van der Waals surface area contributed by atoms with E-state index in [9.17, 15) is 14.4 Å². The molecule has 4 rings (SSSR count). The molecular weight excluding hydrogens is 412 g/mol. The number of piperazine rings is 1. The highest BCUT2D eigenvalue weighted by Crippen LogP contribution is 2.29. The summed E-state index contributed by atoms with van der Waals surface area (Å²) in [6.45, 7) is 5.86. The summed E-state index contributed by atoms with van der Waals surface area (Å²) in [5, 5.41) is 3.67. The molecule has 32 heavy (non-hydrogen) atoms. The highest BCUT2D eigenvalue weighted by atomic mass is 16.5. The maximum atomic E-state index is 13.1. The van der Waals surface area contributed by atoms with Crippen LogP contribution < -0.4 is 5.32 Å². The largest absolute Gasteiger partial charge is 0.464 e. The van der Waals surface area contributed by atoms with Gasteiger partial charge >= 0.3 is 5.97 Å². The predicted molar refractivity (Wildman–Crippen MR) is 119 cm³/mol. The molecule has 3 heterocycles. The number of aromatic amines is 1. The quantitative estimate of drug-likeness (QED) is 0.593. The molecule has 1 aromatic carbocycles. The smallest absolute Gasteiger partial charge is 0.356 e. The second kappa shape index (κ2) is 8.88. The Balaban J connectivity index is 1.46. The fraction of sp³-hybridized carbons (Fsp3) is 0.348. The van der Waals surface area contributed by atoms with Crippen molar-refractivity contribution in [2.75, 3.05) is 38.6 Å². The van der Waals surface area contributed by atoms with Gasteiger partial charge in [0.2, 0.25) is 5.91 Å². The SMILES string of the molecule is COC(=O)c1[nH]c2ccc(C)cc2c1NC(=O)[C@H](C)N1CCN(C(=O)c2ccco2)CC1. The van der Waals surface area contributed by atoms with Crippen molar-refractivity contribution in [3.8, 4) is 0 Å². The van der Waals surface area contributed by atoms with E-state index in [-0.39, 0.29) is 17.5 Å². The van der Waals surface area contributed by atoms with E-state index in [1.54, 1.807) is 17.0 Å². The number of carbonyl (C=O) groups is 3. The van der Waals surface area contributed by atoms with Gasteiger partial charge in [0.05, 0.1) is 25.1 Å². The molecule has 0 spiro atoms. The molecule has 0 unspecified atom stereocenters. The van der Waals surface area contributed by atoms with Crippen LogP contribution in [0.5, 0.6) is 0 Å². The summed E-state index contributed by atoms with van der Waals surface area (Å²) < 4.78 is 10.1. The van der Waals surface area contributed by atoms with Crippen LogP contribution in [0, 0.1) is 6.92 Å².